The highest BCUT2D eigenvalue weighted by Gasteiger charge is 2.15. The molecule has 3 aromatic rings. The molecule has 0 spiro atoms. The number of carbonyl (C=O) groups is 1. The van der Waals surface area contributed by atoms with Crippen LogP contribution in [0.4, 0.5) is 11.4 Å². The Labute approximate surface area is 170 Å². The van der Waals surface area contributed by atoms with E-state index in [1.54, 1.807) is 36.4 Å². The summed E-state index contributed by atoms with van der Waals surface area (Å²) < 4.78 is 32.5. The number of carbonyl (C=O) groups excluding carboxylic acids is 1. The summed E-state index contributed by atoms with van der Waals surface area (Å²) in [6, 6.07) is 18.0. The minimum atomic E-state index is -3.73. The number of nitrogens with one attached hydrogen (secondary N) is 2. The Balaban J connectivity index is 1.70. The highest BCUT2D eigenvalue weighted by atomic mass is 32.2. The number of sulfonamides is 1. The minimum Gasteiger partial charge on any atom is -0.497 e. The third-order valence-electron chi connectivity index (χ3n) is 4.53. The number of methoxy groups -OCH3 is 1. The van der Waals surface area contributed by atoms with Crippen molar-refractivity contribution in [1.82, 2.24) is 0 Å². The van der Waals surface area contributed by atoms with Crippen LogP contribution in [-0.2, 0) is 10.0 Å². The third-order valence-corrected chi connectivity index (χ3v) is 5.93. The van der Waals surface area contributed by atoms with Crippen molar-refractivity contribution in [2.24, 2.45) is 0 Å². The molecular weight excluding hydrogens is 388 g/mol. The van der Waals surface area contributed by atoms with E-state index in [-0.39, 0.29) is 10.8 Å². The standard InChI is InChI=1S/C22H22N2O4S/c1-15-4-7-19(14-16(15)2)23-22(25)17-5-8-18(9-6-17)24-29(26,27)21-12-10-20(28-3)11-13-21/h4-14,24H,1-3H3,(H,23,25). The molecule has 0 unspecified atom stereocenters. The maximum Gasteiger partial charge on any atom is 0.261 e. The first-order valence-corrected chi connectivity index (χ1v) is 10.4. The van der Waals surface area contributed by atoms with Crippen LogP contribution in [0.3, 0.4) is 0 Å². The van der Waals surface area contributed by atoms with Crippen molar-refractivity contribution in [2.45, 2.75) is 18.7 Å². The van der Waals surface area contributed by atoms with Gasteiger partial charge in [0.1, 0.15) is 5.75 Å². The monoisotopic (exact) mass is 410 g/mol. The number of ether oxygens (including phenoxy) is 1. The van der Waals surface area contributed by atoms with Gasteiger partial charge < -0.3 is 10.1 Å². The van der Waals surface area contributed by atoms with Crippen molar-refractivity contribution in [1.29, 1.82) is 0 Å². The molecule has 0 saturated heterocycles. The van der Waals surface area contributed by atoms with Crippen molar-refractivity contribution in [3.05, 3.63) is 83.4 Å². The number of anilines is 2. The van der Waals surface area contributed by atoms with Crippen LogP contribution >= 0.6 is 0 Å². The number of benzene rings is 3. The number of hydrogen-bond donors (Lipinski definition) is 2. The van der Waals surface area contributed by atoms with Gasteiger partial charge in [0.2, 0.25) is 0 Å². The highest BCUT2D eigenvalue weighted by molar-refractivity contribution is 7.92. The number of aryl methyl sites for hydroxylation is 2. The fraction of sp³-hybridized carbons (Fsp3) is 0.136. The molecule has 6 nitrogen and oxygen atoms in total. The maximum atomic E-state index is 12.5. The summed E-state index contributed by atoms with van der Waals surface area (Å²) in [5.74, 6) is 0.306. The quantitative estimate of drug-likeness (QED) is 0.632. The summed E-state index contributed by atoms with van der Waals surface area (Å²) in [7, 11) is -2.22. The molecule has 7 heteroatoms. The van der Waals surface area contributed by atoms with Crippen LogP contribution in [0.25, 0.3) is 0 Å². The van der Waals surface area contributed by atoms with Crippen molar-refractivity contribution >= 4 is 27.3 Å². The van der Waals surface area contributed by atoms with Gasteiger partial charge in [-0.1, -0.05) is 6.07 Å². The van der Waals surface area contributed by atoms with E-state index in [0.29, 0.717) is 22.7 Å². The molecule has 3 aromatic carbocycles. The molecular formula is C22H22N2O4S. The van der Waals surface area contributed by atoms with E-state index in [1.807, 2.05) is 32.0 Å². The van der Waals surface area contributed by atoms with Gasteiger partial charge in [0.15, 0.2) is 0 Å². The molecule has 0 aliphatic rings. The van der Waals surface area contributed by atoms with Gasteiger partial charge in [-0.2, -0.15) is 0 Å². The Morgan fingerprint density at radius 2 is 1.45 bits per heavy atom. The van der Waals surface area contributed by atoms with Crippen LogP contribution in [0, 0.1) is 13.8 Å². The van der Waals surface area contributed by atoms with Crippen LogP contribution in [0.1, 0.15) is 21.5 Å². The molecule has 0 saturated carbocycles. The summed E-state index contributed by atoms with van der Waals surface area (Å²) >= 11 is 0. The second-order valence-electron chi connectivity index (χ2n) is 6.61. The van der Waals surface area contributed by atoms with Crippen molar-refractivity contribution in [2.75, 3.05) is 17.1 Å². The van der Waals surface area contributed by atoms with Gasteiger partial charge in [-0.05, 0) is 85.6 Å². The van der Waals surface area contributed by atoms with E-state index in [0.717, 1.165) is 11.1 Å². The largest absolute Gasteiger partial charge is 0.497 e. The van der Waals surface area contributed by atoms with E-state index < -0.39 is 10.0 Å². The number of amides is 1. The summed E-state index contributed by atoms with van der Waals surface area (Å²) in [5.41, 5.74) is 3.74. The summed E-state index contributed by atoms with van der Waals surface area (Å²) in [6.45, 7) is 3.99. The van der Waals surface area contributed by atoms with E-state index >= 15 is 0 Å². The molecule has 0 aliphatic carbocycles. The molecule has 3 rings (SSSR count). The molecule has 0 heterocycles. The lowest BCUT2D eigenvalue weighted by Crippen LogP contribution is -2.14. The van der Waals surface area contributed by atoms with Gasteiger partial charge in [0.25, 0.3) is 15.9 Å². The SMILES string of the molecule is COc1ccc(S(=O)(=O)Nc2ccc(C(=O)Nc3ccc(C)c(C)c3)cc2)cc1. The number of rotatable bonds is 6. The Morgan fingerprint density at radius 3 is 2.03 bits per heavy atom. The summed E-state index contributed by atoms with van der Waals surface area (Å²) in [6.07, 6.45) is 0. The molecule has 29 heavy (non-hydrogen) atoms. The van der Waals surface area contributed by atoms with E-state index in [4.69, 9.17) is 4.74 Å². The molecule has 0 fully saturated rings. The molecule has 150 valence electrons. The van der Waals surface area contributed by atoms with Crippen molar-refractivity contribution < 1.29 is 17.9 Å². The second kappa shape index (κ2) is 8.36. The summed E-state index contributed by atoms with van der Waals surface area (Å²) in [5, 5.41) is 2.84. The molecule has 0 bridgehead atoms. The lowest BCUT2D eigenvalue weighted by atomic mass is 10.1. The van der Waals surface area contributed by atoms with E-state index in [1.165, 1.54) is 19.2 Å². The molecule has 2 N–H and O–H groups in total. The van der Waals surface area contributed by atoms with Gasteiger partial charge in [-0.15, -0.1) is 0 Å². The van der Waals surface area contributed by atoms with Crippen LogP contribution in [0.15, 0.2) is 71.6 Å². The zero-order valence-electron chi connectivity index (χ0n) is 16.4. The molecule has 0 atom stereocenters. The van der Waals surface area contributed by atoms with Crippen molar-refractivity contribution in [3.8, 4) is 5.75 Å². The topological polar surface area (TPSA) is 84.5 Å². The van der Waals surface area contributed by atoms with Crippen LogP contribution in [0.5, 0.6) is 5.75 Å². The molecule has 0 aromatic heterocycles. The predicted octanol–water partition coefficient (Wildman–Crippen LogP) is 4.37. The van der Waals surface area contributed by atoms with Crippen LogP contribution in [0.2, 0.25) is 0 Å². The molecule has 0 radical (unpaired) electrons. The van der Waals surface area contributed by atoms with Crippen LogP contribution in [-0.4, -0.2) is 21.4 Å². The van der Waals surface area contributed by atoms with E-state index in [2.05, 4.69) is 10.0 Å². The van der Waals surface area contributed by atoms with Gasteiger partial charge in [0.05, 0.1) is 12.0 Å². The first-order chi connectivity index (χ1) is 13.8. The Kier molecular flexibility index (Phi) is 5.89. The van der Waals surface area contributed by atoms with Gasteiger partial charge in [-0.25, -0.2) is 8.42 Å². The predicted molar refractivity (Wildman–Crippen MR) is 114 cm³/mol. The first kappa shape index (κ1) is 20.4. The zero-order chi connectivity index (χ0) is 21.0. The second-order valence-corrected chi connectivity index (χ2v) is 8.29. The number of hydrogen-bond acceptors (Lipinski definition) is 4. The lowest BCUT2D eigenvalue weighted by molar-refractivity contribution is 0.102. The van der Waals surface area contributed by atoms with Gasteiger partial charge in [0, 0.05) is 16.9 Å². The normalized spacial score (nSPS) is 11.0. The third kappa shape index (κ3) is 4.94. The van der Waals surface area contributed by atoms with Gasteiger partial charge in [-0.3, -0.25) is 9.52 Å². The average molecular weight is 410 g/mol. The molecule has 1 amide bonds. The Hall–Kier alpha value is -3.32. The first-order valence-electron chi connectivity index (χ1n) is 8.94. The maximum absolute atomic E-state index is 12.5. The Bertz CT molecular complexity index is 1120. The highest BCUT2D eigenvalue weighted by Crippen LogP contribution is 2.20. The molecule has 0 aliphatic heterocycles. The minimum absolute atomic E-state index is 0.120. The van der Waals surface area contributed by atoms with Gasteiger partial charge >= 0.3 is 0 Å². The van der Waals surface area contributed by atoms with E-state index in [9.17, 15) is 13.2 Å². The summed E-state index contributed by atoms with van der Waals surface area (Å²) in [4.78, 5) is 12.5. The zero-order valence-corrected chi connectivity index (χ0v) is 17.2. The Morgan fingerprint density at radius 1 is 0.828 bits per heavy atom. The van der Waals surface area contributed by atoms with Crippen molar-refractivity contribution in [3.63, 3.8) is 0 Å². The fourth-order valence-electron chi connectivity index (χ4n) is 2.68. The lowest BCUT2D eigenvalue weighted by Gasteiger charge is -2.10. The van der Waals surface area contributed by atoms with Crippen LogP contribution < -0.4 is 14.8 Å². The average Bonchev–Trinajstić information content (AvgIpc) is 2.71. The fourth-order valence-corrected chi connectivity index (χ4v) is 3.74. The smallest absolute Gasteiger partial charge is 0.261 e.